The summed E-state index contributed by atoms with van der Waals surface area (Å²) in [6, 6.07) is 22.3. The molecule has 4 rings (SSSR count). The monoisotopic (exact) mass is 432 g/mol. The molecular weight excluding hydrogens is 408 g/mol. The molecule has 158 valence electrons. The number of rotatable bonds is 6. The third kappa shape index (κ3) is 4.54. The maximum absolute atomic E-state index is 13.2. The molecule has 0 fully saturated rings. The summed E-state index contributed by atoms with van der Waals surface area (Å²) in [6.45, 7) is 3.93. The molecule has 0 bridgehead atoms. The molecule has 5 nitrogen and oxygen atoms in total. The van der Waals surface area contributed by atoms with E-state index in [1.54, 1.807) is 29.0 Å². The number of anilines is 1. The summed E-state index contributed by atoms with van der Waals surface area (Å²) in [5.74, 6) is -0.294. The van der Waals surface area contributed by atoms with E-state index in [0.29, 0.717) is 10.9 Å². The highest BCUT2D eigenvalue weighted by molar-refractivity contribution is 7.90. The van der Waals surface area contributed by atoms with Gasteiger partial charge in [-0.05, 0) is 42.7 Å². The van der Waals surface area contributed by atoms with Crippen LogP contribution >= 0.6 is 0 Å². The zero-order valence-corrected chi connectivity index (χ0v) is 18.3. The number of sulfone groups is 1. The lowest BCUT2D eigenvalue weighted by Crippen LogP contribution is -2.19. The zero-order chi connectivity index (χ0) is 22.0. The highest BCUT2D eigenvalue weighted by Crippen LogP contribution is 2.28. The molecule has 1 heterocycles. The molecule has 0 aliphatic rings. The number of hydrogen-bond donors (Lipinski definition) is 1. The Hall–Kier alpha value is -3.38. The summed E-state index contributed by atoms with van der Waals surface area (Å²) in [5, 5.41) is 3.57. The molecule has 6 heteroatoms. The van der Waals surface area contributed by atoms with Crippen LogP contribution in [-0.4, -0.2) is 18.9 Å². The Kier molecular flexibility index (Phi) is 5.65. The van der Waals surface area contributed by atoms with Gasteiger partial charge in [-0.15, -0.1) is 0 Å². The van der Waals surface area contributed by atoms with Gasteiger partial charge in [-0.1, -0.05) is 60.7 Å². The average molecular weight is 433 g/mol. The van der Waals surface area contributed by atoms with Crippen molar-refractivity contribution in [3.63, 3.8) is 0 Å². The minimum Gasteiger partial charge on any atom is -0.337 e. The number of benzene rings is 3. The van der Waals surface area contributed by atoms with E-state index in [0.717, 1.165) is 22.4 Å². The molecule has 0 spiro atoms. The van der Waals surface area contributed by atoms with Gasteiger partial charge in [0, 0.05) is 22.8 Å². The fourth-order valence-corrected chi connectivity index (χ4v) is 5.26. The van der Waals surface area contributed by atoms with Gasteiger partial charge in [0.05, 0.1) is 10.6 Å². The lowest BCUT2D eigenvalue weighted by molar-refractivity contribution is -0.116. The topological polar surface area (TPSA) is 68.2 Å². The standard InChI is InChI=1S/C25H24N2O3S/c1-18-12-13-19(2)22(14-18)26-25(28)16-27-15-24(21-10-6-7-11-23(21)27)31(29,30)17-20-8-4-3-5-9-20/h3-15H,16-17H2,1-2H3,(H,26,28). The van der Waals surface area contributed by atoms with Gasteiger partial charge in [0.15, 0.2) is 9.84 Å². The minimum absolute atomic E-state index is 0.0226. The van der Waals surface area contributed by atoms with Crippen LogP contribution in [-0.2, 0) is 26.9 Å². The van der Waals surface area contributed by atoms with Gasteiger partial charge < -0.3 is 9.88 Å². The van der Waals surface area contributed by atoms with Crippen molar-refractivity contribution in [2.24, 2.45) is 0 Å². The normalized spacial score (nSPS) is 11.5. The maximum Gasteiger partial charge on any atom is 0.244 e. The number of carbonyl (C=O) groups excluding carboxylic acids is 1. The molecule has 4 aromatic rings. The van der Waals surface area contributed by atoms with Crippen molar-refractivity contribution in [1.29, 1.82) is 0 Å². The number of aryl methyl sites for hydroxylation is 2. The lowest BCUT2D eigenvalue weighted by atomic mass is 10.1. The van der Waals surface area contributed by atoms with Crippen LogP contribution in [0.25, 0.3) is 10.9 Å². The Morgan fingerprint density at radius 2 is 1.65 bits per heavy atom. The Bertz CT molecular complexity index is 1360. The molecular formula is C25H24N2O3S. The molecule has 1 aromatic heterocycles. The quantitative estimate of drug-likeness (QED) is 0.473. The van der Waals surface area contributed by atoms with Crippen LogP contribution in [0.3, 0.4) is 0 Å². The van der Waals surface area contributed by atoms with E-state index in [2.05, 4.69) is 5.32 Å². The molecule has 0 atom stereocenters. The molecule has 0 aliphatic heterocycles. The van der Waals surface area contributed by atoms with Crippen LogP contribution in [0.15, 0.2) is 83.9 Å². The van der Waals surface area contributed by atoms with Crippen molar-refractivity contribution in [3.05, 3.63) is 95.7 Å². The first-order valence-electron chi connectivity index (χ1n) is 10.1. The first-order chi connectivity index (χ1) is 14.8. The van der Waals surface area contributed by atoms with Crippen LogP contribution in [0.5, 0.6) is 0 Å². The summed E-state index contributed by atoms with van der Waals surface area (Å²) >= 11 is 0. The second-order valence-electron chi connectivity index (χ2n) is 7.75. The van der Waals surface area contributed by atoms with E-state index >= 15 is 0 Å². The maximum atomic E-state index is 13.2. The molecule has 0 unspecified atom stereocenters. The molecule has 3 aromatic carbocycles. The summed E-state index contributed by atoms with van der Waals surface area (Å²) in [5.41, 5.74) is 4.24. The minimum atomic E-state index is -3.58. The molecule has 0 aliphatic carbocycles. The van der Waals surface area contributed by atoms with Gasteiger partial charge in [-0.3, -0.25) is 4.79 Å². The third-order valence-electron chi connectivity index (χ3n) is 5.27. The van der Waals surface area contributed by atoms with E-state index in [1.165, 1.54) is 0 Å². The van der Waals surface area contributed by atoms with Gasteiger partial charge >= 0.3 is 0 Å². The van der Waals surface area contributed by atoms with E-state index in [4.69, 9.17) is 0 Å². The Morgan fingerprint density at radius 1 is 0.935 bits per heavy atom. The van der Waals surface area contributed by atoms with Crippen molar-refractivity contribution >= 4 is 32.3 Å². The molecule has 0 saturated heterocycles. The van der Waals surface area contributed by atoms with Gasteiger partial charge in [-0.2, -0.15) is 0 Å². The number of carbonyl (C=O) groups is 1. The summed E-state index contributed by atoms with van der Waals surface area (Å²) in [4.78, 5) is 13.0. The van der Waals surface area contributed by atoms with Gasteiger partial charge in [0.2, 0.25) is 5.91 Å². The van der Waals surface area contributed by atoms with Crippen molar-refractivity contribution < 1.29 is 13.2 Å². The summed E-state index contributed by atoms with van der Waals surface area (Å²) in [6.07, 6.45) is 1.58. The Labute approximate surface area is 182 Å². The van der Waals surface area contributed by atoms with Gasteiger partial charge in [0.1, 0.15) is 6.54 Å². The SMILES string of the molecule is Cc1ccc(C)c(NC(=O)Cn2cc(S(=O)(=O)Cc3ccccc3)c3ccccc32)c1. The highest BCUT2D eigenvalue weighted by Gasteiger charge is 2.22. The number of para-hydroxylation sites is 1. The molecule has 1 N–H and O–H groups in total. The van der Waals surface area contributed by atoms with Crippen LogP contribution in [0, 0.1) is 13.8 Å². The van der Waals surface area contributed by atoms with Crippen LogP contribution in [0.4, 0.5) is 5.69 Å². The number of aromatic nitrogens is 1. The Balaban J connectivity index is 1.65. The second kappa shape index (κ2) is 8.40. The third-order valence-corrected chi connectivity index (χ3v) is 6.98. The van der Waals surface area contributed by atoms with Crippen molar-refractivity contribution in [2.75, 3.05) is 5.32 Å². The second-order valence-corrected chi connectivity index (χ2v) is 9.71. The molecule has 1 amide bonds. The van der Waals surface area contributed by atoms with Crippen molar-refractivity contribution in [2.45, 2.75) is 31.0 Å². The first-order valence-corrected chi connectivity index (χ1v) is 11.7. The predicted molar refractivity (Wildman–Crippen MR) is 124 cm³/mol. The fraction of sp³-hybridized carbons (Fsp3) is 0.160. The van der Waals surface area contributed by atoms with Gasteiger partial charge in [0.25, 0.3) is 0 Å². The van der Waals surface area contributed by atoms with E-state index < -0.39 is 9.84 Å². The van der Waals surface area contributed by atoms with Crippen LogP contribution in [0.2, 0.25) is 0 Å². The first kappa shape index (κ1) is 20.9. The number of hydrogen-bond acceptors (Lipinski definition) is 3. The lowest BCUT2D eigenvalue weighted by Gasteiger charge is -2.10. The van der Waals surface area contributed by atoms with Crippen molar-refractivity contribution in [1.82, 2.24) is 4.57 Å². The number of amides is 1. The number of fused-ring (bicyclic) bond motifs is 1. The number of nitrogens with zero attached hydrogens (tertiary/aromatic N) is 1. The van der Waals surface area contributed by atoms with E-state index in [9.17, 15) is 13.2 Å². The Morgan fingerprint density at radius 3 is 2.42 bits per heavy atom. The zero-order valence-electron chi connectivity index (χ0n) is 17.5. The largest absolute Gasteiger partial charge is 0.337 e. The average Bonchev–Trinajstić information content (AvgIpc) is 3.11. The summed E-state index contributed by atoms with van der Waals surface area (Å²) < 4.78 is 28.0. The highest BCUT2D eigenvalue weighted by atomic mass is 32.2. The van der Waals surface area contributed by atoms with Crippen LogP contribution in [0.1, 0.15) is 16.7 Å². The molecule has 0 radical (unpaired) electrons. The fourth-order valence-electron chi connectivity index (χ4n) is 3.68. The van der Waals surface area contributed by atoms with Gasteiger partial charge in [-0.25, -0.2) is 8.42 Å². The van der Waals surface area contributed by atoms with Crippen molar-refractivity contribution in [3.8, 4) is 0 Å². The molecule has 0 saturated carbocycles. The van der Waals surface area contributed by atoms with E-state index in [-0.39, 0.29) is 23.1 Å². The van der Waals surface area contributed by atoms with Crippen LogP contribution < -0.4 is 5.32 Å². The number of nitrogens with one attached hydrogen (secondary N) is 1. The predicted octanol–water partition coefficient (Wildman–Crippen LogP) is 4.87. The summed E-state index contributed by atoms with van der Waals surface area (Å²) in [7, 11) is -3.58. The smallest absolute Gasteiger partial charge is 0.244 e. The molecule has 31 heavy (non-hydrogen) atoms. The van der Waals surface area contributed by atoms with E-state index in [1.807, 2.05) is 68.4 Å².